The fourth-order valence-corrected chi connectivity index (χ4v) is 3.93. The minimum Gasteiger partial charge on any atom is -0.441 e. The molecule has 1 saturated heterocycles. The van der Waals surface area contributed by atoms with Crippen LogP contribution in [0.15, 0.2) is 59.1 Å². The second-order valence-electron chi connectivity index (χ2n) is 8.38. The first-order chi connectivity index (χ1) is 16.0. The number of halogens is 2. The molecular formula is C25H28F2N4O2. The average molecular weight is 455 g/mol. The summed E-state index contributed by atoms with van der Waals surface area (Å²) in [5.74, 6) is -0.938. The maximum atomic E-state index is 14.0. The van der Waals surface area contributed by atoms with Crippen molar-refractivity contribution < 1.29 is 18.0 Å². The normalized spacial score (nSPS) is 16.0. The maximum absolute atomic E-state index is 14.0. The van der Waals surface area contributed by atoms with Crippen molar-refractivity contribution in [1.82, 2.24) is 20.1 Å². The Kier molecular flexibility index (Phi) is 7.47. The number of hydrogen-bond acceptors (Lipinski definition) is 5. The lowest BCUT2D eigenvalue weighted by atomic mass is 10.1. The predicted molar refractivity (Wildman–Crippen MR) is 121 cm³/mol. The van der Waals surface area contributed by atoms with Crippen LogP contribution in [0.25, 0.3) is 11.3 Å². The number of nitrogens with zero attached hydrogens (tertiary/aromatic N) is 3. The summed E-state index contributed by atoms with van der Waals surface area (Å²) < 4.78 is 32.7. The largest absolute Gasteiger partial charge is 0.441 e. The van der Waals surface area contributed by atoms with E-state index >= 15 is 0 Å². The van der Waals surface area contributed by atoms with E-state index in [1.165, 1.54) is 12.3 Å². The second kappa shape index (κ2) is 10.7. The molecule has 1 aliphatic heterocycles. The van der Waals surface area contributed by atoms with Gasteiger partial charge in [0.05, 0.1) is 17.8 Å². The number of aryl methyl sites for hydroxylation is 1. The third-order valence-corrected chi connectivity index (χ3v) is 5.89. The molecule has 4 rings (SSSR count). The molecule has 1 aromatic heterocycles. The fraction of sp³-hybridized carbons (Fsp3) is 0.360. The molecule has 1 N–H and O–H groups in total. The van der Waals surface area contributed by atoms with Crippen LogP contribution in [0.3, 0.4) is 0 Å². The van der Waals surface area contributed by atoms with Crippen LogP contribution < -0.4 is 5.32 Å². The Bertz CT molecular complexity index is 1070. The lowest BCUT2D eigenvalue weighted by Gasteiger charge is -2.35. The van der Waals surface area contributed by atoms with Crippen LogP contribution in [0.1, 0.15) is 23.9 Å². The zero-order valence-electron chi connectivity index (χ0n) is 18.6. The molecule has 33 heavy (non-hydrogen) atoms. The van der Waals surface area contributed by atoms with Crippen molar-refractivity contribution in [2.24, 2.45) is 0 Å². The molecule has 2 aromatic carbocycles. The Morgan fingerprint density at radius 3 is 2.61 bits per heavy atom. The highest BCUT2D eigenvalue weighted by atomic mass is 19.1. The molecule has 2 heterocycles. The van der Waals surface area contributed by atoms with Gasteiger partial charge in [0, 0.05) is 51.6 Å². The molecule has 0 spiro atoms. The van der Waals surface area contributed by atoms with Crippen molar-refractivity contribution in [1.29, 1.82) is 0 Å². The van der Waals surface area contributed by atoms with Gasteiger partial charge in [-0.25, -0.2) is 13.8 Å². The van der Waals surface area contributed by atoms with Gasteiger partial charge in [0.1, 0.15) is 11.6 Å². The number of piperazine rings is 1. The zero-order valence-corrected chi connectivity index (χ0v) is 18.6. The molecule has 1 fully saturated rings. The lowest BCUT2D eigenvalue weighted by Crippen LogP contribution is -2.47. The summed E-state index contributed by atoms with van der Waals surface area (Å²) in [5, 5.41) is 3.15. The van der Waals surface area contributed by atoms with Crippen LogP contribution >= 0.6 is 0 Å². The van der Waals surface area contributed by atoms with Gasteiger partial charge in [0.2, 0.25) is 5.91 Å². The highest BCUT2D eigenvalue weighted by Crippen LogP contribution is 2.24. The van der Waals surface area contributed by atoms with E-state index in [2.05, 4.69) is 27.1 Å². The van der Waals surface area contributed by atoms with Gasteiger partial charge in [-0.3, -0.25) is 9.69 Å². The summed E-state index contributed by atoms with van der Waals surface area (Å²) in [6.07, 6.45) is 1.87. The van der Waals surface area contributed by atoms with Gasteiger partial charge in [0.25, 0.3) is 0 Å². The minimum atomic E-state index is -0.718. The summed E-state index contributed by atoms with van der Waals surface area (Å²) in [7, 11) is 2.12. The Morgan fingerprint density at radius 2 is 1.88 bits per heavy atom. The highest BCUT2D eigenvalue weighted by molar-refractivity contribution is 5.76. The second-order valence-corrected chi connectivity index (χ2v) is 8.38. The summed E-state index contributed by atoms with van der Waals surface area (Å²) in [4.78, 5) is 21.6. The van der Waals surface area contributed by atoms with Crippen molar-refractivity contribution in [3.63, 3.8) is 0 Å². The van der Waals surface area contributed by atoms with Crippen LogP contribution in [-0.2, 0) is 11.2 Å². The Hall–Kier alpha value is -3.10. The molecule has 3 aromatic rings. The average Bonchev–Trinajstić information content (AvgIpc) is 3.28. The topological polar surface area (TPSA) is 61.6 Å². The third-order valence-electron chi connectivity index (χ3n) is 5.89. The van der Waals surface area contributed by atoms with E-state index < -0.39 is 11.6 Å². The summed E-state index contributed by atoms with van der Waals surface area (Å²) in [6, 6.07) is 13.1. The van der Waals surface area contributed by atoms with E-state index in [1.54, 1.807) is 0 Å². The van der Waals surface area contributed by atoms with Gasteiger partial charge in [-0.1, -0.05) is 30.3 Å². The number of oxazole rings is 1. The number of nitrogens with one attached hydrogen (secondary N) is 1. The smallest absolute Gasteiger partial charge is 0.221 e. The monoisotopic (exact) mass is 454 g/mol. The van der Waals surface area contributed by atoms with Crippen LogP contribution in [0.4, 0.5) is 8.78 Å². The van der Waals surface area contributed by atoms with E-state index in [9.17, 15) is 13.6 Å². The van der Waals surface area contributed by atoms with Gasteiger partial charge in [0.15, 0.2) is 11.7 Å². The third kappa shape index (κ3) is 6.24. The highest BCUT2D eigenvalue weighted by Gasteiger charge is 2.21. The van der Waals surface area contributed by atoms with Gasteiger partial charge >= 0.3 is 0 Å². The van der Waals surface area contributed by atoms with Crippen molar-refractivity contribution >= 4 is 5.91 Å². The first-order valence-corrected chi connectivity index (χ1v) is 11.1. The van der Waals surface area contributed by atoms with E-state index in [0.717, 1.165) is 50.4 Å². The number of benzene rings is 2. The van der Waals surface area contributed by atoms with Crippen LogP contribution in [0.2, 0.25) is 0 Å². The van der Waals surface area contributed by atoms with Gasteiger partial charge in [-0.2, -0.15) is 0 Å². The van der Waals surface area contributed by atoms with Gasteiger partial charge in [-0.05, 0) is 24.7 Å². The molecular weight excluding hydrogens is 426 g/mol. The standard InChI is InChI=1S/C25H28F2N4O2/c1-30-11-13-31(14-12-30)17-22(18-5-3-2-4-6-18)29-24(32)9-10-25-28-16-23(33-25)20-8-7-19(26)15-21(20)27/h2-8,15-16,22H,9-14,17H2,1H3,(H,29,32). The molecule has 1 unspecified atom stereocenters. The number of carbonyl (C=O) groups is 1. The molecule has 6 nitrogen and oxygen atoms in total. The molecule has 0 saturated carbocycles. The molecule has 1 atom stereocenters. The van der Waals surface area contributed by atoms with Crippen molar-refractivity contribution in [3.8, 4) is 11.3 Å². The van der Waals surface area contributed by atoms with Crippen molar-refractivity contribution in [2.45, 2.75) is 18.9 Å². The number of carbonyl (C=O) groups excluding carboxylic acids is 1. The Morgan fingerprint density at radius 1 is 1.12 bits per heavy atom. The molecule has 0 bridgehead atoms. The predicted octanol–water partition coefficient (Wildman–Crippen LogP) is 3.66. The molecule has 1 aliphatic rings. The molecule has 0 aliphatic carbocycles. The van der Waals surface area contributed by atoms with Crippen molar-refractivity contribution in [2.75, 3.05) is 39.8 Å². The van der Waals surface area contributed by atoms with E-state index in [0.29, 0.717) is 5.89 Å². The van der Waals surface area contributed by atoms with Crippen LogP contribution in [-0.4, -0.2) is 60.5 Å². The SMILES string of the molecule is CN1CCN(CC(NC(=O)CCc2ncc(-c3ccc(F)cc3F)o2)c2ccccc2)CC1. The van der Waals surface area contributed by atoms with E-state index in [-0.39, 0.29) is 36.1 Å². The number of rotatable bonds is 8. The van der Waals surface area contributed by atoms with E-state index in [1.807, 2.05) is 30.3 Å². The van der Waals surface area contributed by atoms with Crippen LogP contribution in [0, 0.1) is 11.6 Å². The maximum Gasteiger partial charge on any atom is 0.221 e. The van der Waals surface area contributed by atoms with Crippen LogP contribution in [0.5, 0.6) is 0 Å². The number of hydrogen-bond donors (Lipinski definition) is 1. The van der Waals surface area contributed by atoms with E-state index in [4.69, 9.17) is 4.42 Å². The number of amides is 1. The first kappa shape index (κ1) is 23.1. The summed E-state index contributed by atoms with van der Waals surface area (Å²) >= 11 is 0. The quantitative estimate of drug-likeness (QED) is 0.563. The molecule has 8 heteroatoms. The number of aromatic nitrogens is 1. The van der Waals surface area contributed by atoms with Gasteiger partial charge < -0.3 is 14.6 Å². The van der Waals surface area contributed by atoms with Gasteiger partial charge in [-0.15, -0.1) is 0 Å². The Balaban J connectivity index is 1.36. The first-order valence-electron chi connectivity index (χ1n) is 11.1. The van der Waals surface area contributed by atoms with Crippen molar-refractivity contribution in [3.05, 3.63) is 77.8 Å². The molecule has 1 amide bonds. The Labute approximate surface area is 192 Å². The summed E-state index contributed by atoms with van der Waals surface area (Å²) in [6.45, 7) is 4.70. The summed E-state index contributed by atoms with van der Waals surface area (Å²) in [5.41, 5.74) is 1.20. The lowest BCUT2D eigenvalue weighted by molar-refractivity contribution is -0.122. The zero-order chi connectivity index (χ0) is 23.2. The molecule has 174 valence electrons. The fourth-order valence-electron chi connectivity index (χ4n) is 3.93. The molecule has 0 radical (unpaired) electrons. The number of likely N-dealkylation sites (N-methyl/N-ethyl adjacent to an activating group) is 1. The minimum absolute atomic E-state index is 0.106.